The number of hydrogen-bond acceptors (Lipinski definition) is 4. The van der Waals surface area contributed by atoms with E-state index in [0.717, 1.165) is 16.7 Å². The molecule has 1 heterocycles. The van der Waals surface area contributed by atoms with Gasteiger partial charge in [0.25, 0.3) is 5.91 Å². The van der Waals surface area contributed by atoms with Crippen LogP contribution in [-0.4, -0.2) is 24.3 Å². The number of carbonyl (C=O) groups is 1. The molecule has 3 aromatic rings. The molecule has 4 rings (SSSR count). The van der Waals surface area contributed by atoms with Gasteiger partial charge in [0.1, 0.15) is 4.91 Å². The van der Waals surface area contributed by atoms with Crippen molar-refractivity contribution in [3.05, 3.63) is 112 Å². The molecule has 1 amide bonds. The summed E-state index contributed by atoms with van der Waals surface area (Å²) >= 11 is 0. The van der Waals surface area contributed by atoms with E-state index in [4.69, 9.17) is 0 Å². The fraction of sp³-hybridized carbons (Fsp3) is 0.222. The van der Waals surface area contributed by atoms with Crippen molar-refractivity contribution in [1.82, 2.24) is 4.90 Å². The van der Waals surface area contributed by atoms with Crippen molar-refractivity contribution in [2.24, 2.45) is 0 Å². The maximum Gasteiger partial charge on any atom is 0.290 e. The summed E-state index contributed by atoms with van der Waals surface area (Å²) in [6, 6.07) is 22.4. The first-order valence-electron chi connectivity index (χ1n) is 10.9. The number of sulfone groups is 1. The highest BCUT2D eigenvalue weighted by Crippen LogP contribution is 2.43. The number of carbonyl (C=O) groups excluding carboxylic acids is 1. The van der Waals surface area contributed by atoms with E-state index < -0.39 is 27.5 Å². The molecular formula is C27H27NO4S. The lowest BCUT2D eigenvalue weighted by Crippen LogP contribution is -2.30. The number of aryl methyl sites for hydroxylation is 1. The van der Waals surface area contributed by atoms with E-state index in [1.165, 1.54) is 17.0 Å². The van der Waals surface area contributed by atoms with Crippen LogP contribution < -0.4 is 0 Å². The van der Waals surface area contributed by atoms with Crippen LogP contribution in [0.2, 0.25) is 0 Å². The Morgan fingerprint density at radius 3 is 2.09 bits per heavy atom. The first-order valence-corrected chi connectivity index (χ1v) is 12.4. The molecule has 0 unspecified atom stereocenters. The van der Waals surface area contributed by atoms with Crippen LogP contribution in [0.5, 0.6) is 0 Å². The van der Waals surface area contributed by atoms with Crippen molar-refractivity contribution in [1.29, 1.82) is 0 Å². The monoisotopic (exact) mass is 461 g/mol. The zero-order valence-electron chi connectivity index (χ0n) is 18.9. The molecule has 0 radical (unpaired) electrons. The Bertz CT molecular complexity index is 1290. The van der Waals surface area contributed by atoms with Crippen LogP contribution >= 0.6 is 0 Å². The minimum Gasteiger partial charge on any atom is -0.502 e. The van der Waals surface area contributed by atoms with Crippen LogP contribution in [0.15, 0.2) is 94.4 Å². The van der Waals surface area contributed by atoms with Gasteiger partial charge in [-0.3, -0.25) is 4.79 Å². The quantitative estimate of drug-likeness (QED) is 0.530. The predicted molar refractivity (Wildman–Crippen MR) is 128 cm³/mol. The molecule has 1 N–H and O–H groups in total. The second-order valence-electron chi connectivity index (χ2n) is 8.67. The topological polar surface area (TPSA) is 74.7 Å². The van der Waals surface area contributed by atoms with Gasteiger partial charge in [-0.15, -0.1) is 0 Å². The van der Waals surface area contributed by atoms with Crippen LogP contribution in [0.4, 0.5) is 0 Å². The molecule has 33 heavy (non-hydrogen) atoms. The first kappa shape index (κ1) is 22.8. The van der Waals surface area contributed by atoms with Crippen molar-refractivity contribution in [3.8, 4) is 0 Å². The zero-order valence-corrected chi connectivity index (χ0v) is 19.7. The fourth-order valence-electron chi connectivity index (χ4n) is 4.09. The van der Waals surface area contributed by atoms with Crippen molar-refractivity contribution in [2.45, 2.75) is 44.2 Å². The lowest BCUT2D eigenvalue weighted by Gasteiger charge is -2.27. The number of rotatable bonds is 6. The summed E-state index contributed by atoms with van der Waals surface area (Å²) in [4.78, 5) is 14.4. The number of amides is 1. The summed E-state index contributed by atoms with van der Waals surface area (Å²) in [6.07, 6.45) is 0. The standard InChI is InChI=1S/C27H27NO4S/c1-18(2)21-11-13-22(14-12-21)24-26(33(31,32)23-15-9-19(3)10-16-23)25(29)27(30)28(24)17-20-7-5-4-6-8-20/h4-16,18,24,29H,17H2,1-3H3/t24-/m0/s1. The highest BCUT2D eigenvalue weighted by molar-refractivity contribution is 7.95. The smallest absolute Gasteiger partial charge is 0.290 e. The zero-order chi connectivity index (χ0) is 23.8. The Kier molecular flexibility index (Phi) is 6.13. The summed E-state index contributed by atoms with van der Waals surface area (Å²) in [5.74, 6) is -1.10. The summed E-state index contributed by atoms with van der Waals surface area (Å²) in [6.45, 7) is 6.20. The van der Waals surface area contributed by atoms with Crippen LogP contribution in [0.1, 0.15) is 48.1 Å². The number of nitrogens with zero attached hydrogens (tertiary/aromatic N) is 1. The van der Waals surface area contributed by atoms with E-state index in [2.05, 4.69) is 13.8 Å². The molecule has 5 nitrogen and oxygen atoms in total. The third-order valence-corrected chi connectivity index (χ3v) is 7.88. The minimum atomic E-state index is -4.12. The number of hydrogen-bond donors (Lipinski definition) is 1. The Morgan fingerprint density at radius 2 is 1.52 bits per heavy atom. The highest BCUT2D eigenvalue weighted by Gasteiger charge is 2.46. The number of benzene rings is 3. The molecule has 0 saturated carbocycles. The van der Waals surface area contributed by atoms with Gasteiger partial charge in [-0.05, 0) is 41.7 Å². The van der Waals surface area contributed by atoms with Crippen molar-refractivity contribution in [3.63, 3.8) is 0 Å². The SMILES string of the molecule is Cc1ccc(S(=O)(=O)C2=C(O)C(=O)N(Cc3ccccc3)[C@H]2c2ccc(C(C)C)cc2)cc1. The molecule has 0 aromatic heterocycles. The molecule has 6 heteroatoms. The van der Waals surface area contributed by atoms with Crippen LogP contribution in [0.25, 0.3) is 0 Å². The molecule has 1 aliphatic rings. The van der Waals surface area contributed by atoms with Gasteiger partial charge >= 0.3 is 0 Å². The molecule has 0 spiro atoms. The maximum atomic E-state index is 13.7. The normalized spacial score (nSPS) is 16.7. The van der Waals surface area contributed by atoms with Crippen molar-refractivity contribution < 1.29 is 18.3 Å². The second kappa shape index (κ2) is 8.87. The first-order chi connectivity index (χ1) is 15.7. The van der Waals surface area contributed by atoms with Gasteiger partial charge in [-0.2, -0.15) is 0 Å². The molecule has 1 aliphatic heterocycles. The lowest BCUT2D eigenvalue weighted by molar-refractivity contribution is -0.130. The molecule has 170 valence electrons. The van der Waals surface area contributed by atoms with Crippen LogP contribution in [0.3, 0.4) is 0 Å². The highest BCUT2D eigenvalue weighted by atomic mass is 32.2. The van der Waals surface area contributed by atoms with Crippen molar-refractivity contribution in [2.75, 3.05) is 0 Å². The molecule has 0 fully saturated rings. The third kappa shape index (κ3) is 4.31. The summed E-state index contributed by atoms with van der Waals surface area (Å²) < 4.78 is 27.3. The van der Waals surface area contributed by atoms with E-state index >= 15 is 0 Å². The van der Waals surface area contributed by atoms with Crippen LogP contribution in [-0.2, 0) is 21.2 Å². The summed E-state index contributed by atoms with van der Waals surface area (Å²) in [5.41, 5.74) is 3.50. The van der Waals surface area contributed by atoms with E-state index in [1.54, 1.807) is 12.1 Å². The lowest BCUT2D eigenvalue weighted by atomic mass is 9.98. The molecular weight excluding hydrogens is 434 g/mol. The average Bonchev–Trinajstić information content (AvgIpc) is 3.05. The fourth-order valence-corrected chi connectivity index (χ4v) is 5.73. The second-order valence-corrected chi connectivity index (χ2v) is 10.6. The van der Waals surface area contributed by atoms with Crippen LogP contribution in [0, 0.1) is 6.92 Å². The number of aliphatic hydroxyl groups excluding tert-OH is 1. The Morgan fingerprint density at radius 1 is 0.909 bits per heavy atom. The van der Waals surface area contributed by atoms with E-state index in [0.29, 0.717) is 11.5 Å². The van der Waals surface area contributed by atoms with E-state index in [9.17, 15) is 18.3 Å². The maximum absolute atomic E-state index is 13.7. The van der Waals surface area contributed by atoms with Gasteiger partial charge in [0, 0.05) is 6.54 Å². The van der Waals surface area contributed by atoms with Gasteiger partial charge in [0.15, 0.2) is 5.76 Å². The Balaban J connectivity index is 1.85. The molecule has 0 saturated heterocycles. The van der Waals surface area contributed by atoms with Crippen molar-refractivity contribution >= 4 is 15.7 Å². The predicted octanol–water partition coefficient (Wildman–Crippen LogP) is 5.45. The average molecular weight is 462 g/mol. The van der Waals surface area contributed by atoms with Gasteiger partial charge in [0.05, 0.1) is 10.9 Å². The summed E-state index contributed by atoms with van der Waals surface area (Å²) in [5, 5.41) is 10.8. The van der Waals surface area contributed by atoms with Gasteiger partial charge in [0.2, 0.25) is 9.84 Å². The largest absolute Gasteiger partial charge is 0.502 e. The molecule has 0 bridgehead atoms. The number of aliphatic hydroxyl groups is 1. The third-order valence-electron chi connectivity index (χ3n) is 5.99. The van der Waals surface area contributed by atoms with Gasteiger partial charge in [-0.25, -0.2) is 8.42 Å². The van der Waals surface area contributed by atoms with E-state index in [-0.39, 0.29) is 16.3 Å². The summed E-state index contributed by atoms with van der Waals surface area (Å²) in [7, 11) is -4.12. The van der Waals surface area contributed by atoms with Gasteiger partial charge in [-0.1, -0.05) is 86.1 Å². The van der Waals surface area contributed by atoms with E-state index in [1.807, 2.05) is 61.5 Å². The molecule has 0 aliphatic carbocycles. The Hall–Kier alpha value is -3.38. The Labute approximate surface area is 194 Å². The van der Waals surface area contributed by atoms with Gasteiger partial charge < -0.3 is 10.0 Å². The minimum absolute atomic E-state index is 0.0489. The molecule has 1 atom stereocenters. The molecule has 3 aromatic carbocycles.